The largest absolute Gasteiger partial charge is 0.482 e. The van der Waals surface area contributed by atoms with Crippen molar-refractivity contribution in [2.75, 3.05) is 11.9 Å². The Hall–Kier alpha value is -1.53. The highest BCUT2D eigenvalue weighted by atomic mass is 35.5. The summed E-state index contributed by atoms with van der Waals surface area (Å²) in [5.74, 6) is 0.0461. The molecule has 8 heteroatoms. The predicted molar refractivity (Wildman–Crippen MR) is 95.2 cm³/mol. The molecule has 0 saturated carbocycles. The maximum absolute atomic E-state index is 12.0. The van der Waals surface area contributed by atoms with Gasteiger partial charge in [0.25, 0.3) is 5.91 Å². The minimum atomic E-state index is -0.341. The molecule has 1 heterocycles. The van der Waals surface area contributed by atoms with Crippen LogP contribution in [0.25, 0.3) is 10.2 Å². The van der Waals surface area contributed by atoms with Crippen LogP contribution >= 0.6 is 46.1 Å². The number of rotatable bonds is 4. The van der Waals surface area contributed by atoms with Crippen molar-refractivity contribution in [1.29, 1.82) is 0 Å². The number of fused-ring (bicyclic) bond motifs is 1. The van der Waals surface area contributed by atoms with Gasteiger partial charge in [0.15, 0.2) is 11.7 Å². The van der Waals surface area contributed by atoms with Gasteiger partial charge >= 0.3 is 0 Å². The molecule has 118 valence electrons. The standard InChI is InChI=1S/C15H9Cl3N2O2S/c16-8-4-5-11(10(18)6-8)22-7-13(21)19-15-20-14-9(17)2-1-3-12(14)23-15/h1-6H,7H2,(H,19,20,21). The number of hydrogen-bond donors (Lipinski definition) is 1. The number of halogens is 3. The first-order chi connectivity index (χ1) is 11.0. The summed E-state index contributed by atoms with van der Waals surface area (Å²) in [6.07, 6.45) is 0. The van der Waals surface area contributed by atoms with Crippen molar-refractivity contribution in [3.05, 3.63) is 51.5 Å². The molecule has 0 saturated heterocycles. The normalized spacial score (nSPS) is 10.7. The highest BCUT2D eigenvalue weighted by Crippen LogP contribution is 2.31. The Morgan fingerprint density at radius 2 is 2.00 bits per heavy atom. The van der Waals surface area contributed by atoms with Gasteiger partial charge in [-0.15, -0.1) is 0 Å². The summed E-state index contributed by atoms with van der Waals surface area (Å²) < 4.78 is 6.27. The van der Waals surface area contributed by atoms with Crippen molar-refractivity contribution in [3.63, 3.8) is 0 Å². The van der Waals surface area contributed by atoms with Gasteiger partial charge in [0.2, 0.25) is 0 Å². The monoisotopic (exact) mass is 386 g/mol. The molecule has 1 aromatic heterocycles. The van der Waals surface area contributed by atoms with E-state index in [-0.39, 0.29) is 12.5 Å². The van der Waals surface area contributed by atoms with Crippen molar-refractivity contribution in [1.82, 2.24) is 4.98 Å². The summed E-state index contributed by atoms with van der Waals surface area (Å²) in [5.41, 5.74) is 0.663. The van der Waals surface area contributed by atoms with Crippen molar-refractivity contribution in [2.45, 2.75) is 0 Å². The van der Waals surface area contributed by atoms with E-state index >= 15 is 0 Å². The van der Waals surface area contributed by atoms with Crippen LogP contribution in [0.5, 0.6) is 5.75 Å². The zero-order chi connectivity index (χ0) is 16.4. The molecule has 0 atom stereocenters. The third-order valence-corrected chi connectivity index (χ3v) is 4.64. The third kappa shape index (κ3) is 3.87. The van der Waals surface area contributed by atoms with E-state index in [1.54, 1.807) is 24.3 Å². The van der Waals surface area contributed by atoms with Gasteiger partial charge in [0.1, 0.15) is 11.3 Å². The molecule has 0 unspecified atom stereocenters. The molecule has 0 bridgehead atoms. The van der Waals surface area contributed by atoms with Crippen LogP contribution in [0.4, 0.5) is 5.13 Å². The van der Waals surface area contributed by atoms with E-state index in [1.807, 2.05) is 12.1 Å². The summed E-state index contributed by atoms with van der Waals surface area (Å²) in [5, 5.41) is 4.52. The molecule has 1 N–H and O–H groups in total. The maximum atomic E-state index is 12.0. The summed E-state index contributed by atoms with van der Waals surface area (Å²) in [7, 11) is 0. The second-order valence-corrected chi connectivity index (χ2v) is 6.80. The minimum absolute atomic E-state index is 0.189. The maximum Gasteiger partial charge on any atom is 0.264 e. The Kier molecular flexibility index (Phi) is 4.92. The Bertz CT molecular complexity index is 882. The van der Waals surface area contributed by atoms with E-state index in [4.69, 9.17) is 39.5 Å². The number of nitrogens with zero attached hydrogens (tertiary/aromatic N) is 1. The quantitative estimate of drug-likeness (QED) is 0.663. The van der Waals surface area contributed by atoms with E-state index in [0.717, 1.165) is 4.70 Å². The molecule has 0 aliphatic heterocycles. The summed E-state index contributed by atoms with van der Waals surface area (Å²) in [4.78, 5) is 16.2. The van der Waals surface area contributed by atoms with E-state index in [0.29, 0.717) is 31.5 Å². The number of thiazole rings is 1. The number of aromatic nitrogens is 1. The molecule has 0 spiro atoms. The highest BCUT2D eigenvalue weighted by molar-refractivity contribution is 7.22. The predicted octanol–water partition coefficient (Wildman–Crippen LogP) is 5.27. The number of benzene rings is 2. The second kappa shape index (κ2) is 6.93. The minimum Gasteiger partial charge on any atom is -0.482 e. The molecular formula is C15H9Cl3N2O2S. The molecule has 3 rings (SSSR count). The average Bonchev–Trinajstić information content (AvgIpc) is 2.90. The number of ether oxygens (including phenoxy) is 1. The molecule has 1 amide bonds. The van der Waals surface area contributed by atoms with Crippen LogP contribution in [-0.4, -0.2) is 17.5 Å². The Morgan fingerprint density at radius 1 is 1.17 bits per heavy atom. The molecule has 0 radical (unpaired) electrons. The van der Waals surface area contributed by atoms with Crippen molar-refractivity contribution in [2.24, 2.45) is 0 Å². The van der Waals surface area contributed by atoms with Gasteiger partial charge in [0, 0.05) is 5.02 Å². The van der Waals surface area contributed by atoms with Gasteiger partial charge in [-0.2, -0.15) is 0 Å². The van der Waals surface area contributed by atoms with Gasteiger partial charge in [-0.3, -0.25) is 10.1 Å². The molecule has 0 aliphatic carbocycles. The van der Waals surface area contributed by atoms with Crippen LogP contribution in [0.2, 0.25) is 15.1 Å². The van der Waals surface area contributed by atoms with E-state index in [1.165, 1.54) is 11.3 Å². The fraction of sp³-hybridized carbons (Fsp3) is 0.0667. The molecule has 0 fully saturated rings. The smallest absolute Gasteiger partial charge is 0.264 e. The number of amides is 1. The Labute approximate surface area is 150 Å². The Balaban J connectivity index is 1.65. The van der Waals surface area contributed by atoms with E-state index in [2.05, 4.69) is 10.3 Å². The lowest BCUT2D eigenvalue weighted by Gasteiger charge is -2.07. The first-order valence-electron chi connectivity index (χ1n) is 6.45. The molecule has 0 aliphatic rings. The zero-order valence-electron chi connectivity index (χ0n) is 11.5. The van der Waals surface area contributed by atoms with Gasteiger partial charge in [-0.25, -0.2) is 4.98 Å². The SMILES string of the molecule is O=C(COc1ccc(Cl)cc1Cl)Nc1nc2c(Cl)cccc2s1. The summed E-state index contributed by atoms with van der Waals surface area (Å²) in [6.45, 7) is -0.189. The topological polar surface area (TPSA) is 51.2 Å². The fourth-order valence-electron chi connectivity index (χ4n) is 1.86. The third-order valence-electron chi connectivity index (χ3n) is 2.87. The van der Waals surface area contributed by atoms with Crippen LogP contribution in [0.1, 0.15) is 0 Å². The van der Waals surface area contributed by atoms with Crippen LogP contribution < -0.4 is 10.1 Å². The number of anilines is 1. The molecule has 2 aromatic carbocycles. The van der Waals surface area contributed by atoms with E-state index < -0.39 is 0 Å². The molecular weight excluding hydrogens is 379 g/mol. The Morgan fingerprint density at radius 3 is 2.74 bits per heavy atom. The number of carbonyl (C=O) groups is 1. The van der Waals surface area contributed by atoms with E-state index in [9.17, 15) is 4.79 Å². The van der Waals surface area contributed by atoms with Crippen LogP contribution in [0.15, 0.2) is 36.4 Å². The van der Waals surface area contributed by atoms with Crippen molar-refractivity contribution >= 4 is 67.4 Å². The van der Waals surface area contributed by atoms with Crippen LogP contribution in [0, 0.1) is 0 Å². The second-order valence-electron chi connectivity index (χ2n) is 4.52. The summed E-state index contributed by atoms with van der Waals surface area (Å²) >= 11 is 19.2. The first kappa shape index (κ1) is 16.3. The van der Waals surface area contributed by atoms with Crippen LogP contribution in [0.3, 0.4) is 0 Å². The number of para-hydroxylation sites is 1. The molecule has 23 heavy (non-hydrogen) atoms. The van der Waals surface area contributed by atoms with Crippen molar-refractivity contribution < 1.29 is 9.53 Å². The van der Waals surface area contributed by atoms with Crippen LogP contribution in [-0.2, 0) is 4.79 Å². The zero-order valence-corrected chi connectivity index (χ0v) is 14.6. The number of hydrogen-bond acceptors (Lipinski definition) is 4. The lowest BCUT2D eigenvalue weighted by molar-refractivity contribution is -0.118. The lowest BCUT2D eigenvalue weighted by atomic mass is 10.3. The lowest BCUT2D eigenvalue weighted by Crippen LogP contribution is -2.20. The molecule has 3 aromatic rings. The van der Waals surface area contributed by atoms with Crippen molar-refractivity contribution in [3.8, 4) is 5.75 Å². The fourth-order valence-corrected chi connectivity index (χ4v) is 3.50. The first-order valence-corrected chi connectivity index (χ1v) is 8.41. The van der Waals surface area contributed by atoms with Gasteiger partial charge in [-0.1, -0.05) is 52.2 Å². The van der Waals surface area contributed by atoms with Gasteiger partial charge < -0.3 is 4.74 Å². The summed E-state index contributed by atoms with van der Waals surface area (Å²) in [6, 6.07) is 10.3. The number of nitrogens with one attached hydrogen (secondary N) is 1. The van der Waals surface area contributed by atoms with Gasteiger partial charge in [-0.05, 0) is 30.3 Å². The average molecular weight is 388 g/mol. The number of carbonyl (C=O) groups excluding carboxylic acids is 1. The highest BCUT2D eigenvalue weighted by Gasteiger charge is 2.11. The molecule has 4 nitrogen and oxygen atoms in total. The van der Waals surface area contributed by atoms with Gasteiger partial charge in [0.05, 0.1) is 14.7 Å².